The van der Waals surface area contributed by atoms with Gasteiger partial charge in [-0.2, -0.15) is 0 Å². The number of hydrogen-bond donors (Lipinski definition) is 3. The van der Waals surface area contributed by atoms with E-state index in [0.717, 1.165) is 10.9 Å². The summed E-state index contributed by atoms with van der Waals surface area (Å²) in [4.78, 5) is 24.5. The number of ether oxygens (including phenoxy) is 3. The van der Waals surface area contributed by atoms with E-state index in [-0.39, 0.29) is 11.7 Å². The Bertz CT molecular complexity index is 910. The van der Waals surface area contributed by atoms with E-state index in [4.69, 9.17) is 26.4 Å². The van der Waals surface area contributed by atoms with Gasteiger partial charge in [0.25, 0.3) is 11.8 Å². The molecule has 0 atom stereocenters. The number of carbonyl (C=O) groups excluding carboxylic acids is 2. The SMILES string of the molecule is CCCOc1ccc(Br)cc1C(=O)NC(=S)NNC(=O)COc1ccccc1OC. The largest absolute Gasteiger partial charge is 0.493 e. The molecule has 160 valence electrons. The van der Waals surface area contributed by atoms with Crippen molar-refractivity contribution in [3.05, 3.63) is 52.5 Å². The van der Waals surface area contributed by atoms with Crippen molar-refractivity contribution in [1.82, 2.24) is 16.2 Å². The van der Waals surface area contributed by atoms with Crippen molar-refractivity contribution in [2.24, 2.45) is 0 Å². The fourth-order valence-corrected chi connectivity index (χ4v) is 2.77. The fourth-order valence-electron chi connectivity index (χ4n) is 2.26. The Kier molecular flexibility index (Phi) is 9.36. The summed E-state index contributed by atoms with van der Waals surface area (Å²) in [7, 11) is 1.51. The summed E-state index contributed by atoms with van der Waals surface area (Å²) >= 11 is 8.39. The zero-order valence-corrected chi connectivity index (χ0v) is 18.9. The average Bonchev–Trinajstić information content (AvgIpc) is 2.75. The number of thiocarbonyl (C=S) groups is 1. The maximum absolute atomic E-state index is 12.5. The Hall–Kier alpha value is -2.85. The van der Waals surface area contributed by atoms with Gasteiger partial charge < -0.3 is 14.2 Å². The van der Waals surface area contributed by atoms with Crippen molar-refractivity contribution < 1.29 is 23.8 Å². The molecule has 0 aliphatic carbocycles. The van der Waals surface area contributed by atoms with Crippen LogP contribution in [0.4, 0.5) is 0 Å². The van der Waals surface area contributed by atoms with Crippen molar-refractivity contribution in [1.29, 1.82) is 0 Å². The van der Waals surface area contributed by atoms with E-state index in [1.807, 2.05) is 6.92 Å². The molecule has 0 bridgehead atoms. The van der Waals surface area contributed by atoms with Crippen LogP contribution in [0.5, 0.6) is 17.2 Å². The number of methoxy groups -OCH3 is 1. The first-order valence-corrected chi connectivity index (χ1v) is 10.2. The molecule has 0 aliphatic heterocycles. The van der Waals surface area contributed by atoms with E-state index in [0.29, 0.717) is 29.4 Å². The van der Waals surface area contributed by atoms with Crippen molar-refractivity contribution >= 4 is 45.1 Å². The Morgan fingerprint density at radius 3 is 2.47 bits per heavy atom. The number of amides is 2. The molecule has 2 amide bonds. The lowest BCUT2D eigenvalue weighted by molar-refractivity contribution is -0.123. The summed E-state index contributed by atoms with van der Waals surface area (Å²) in [6.07, 6.45) is 0.806. The van der Waals surface area contributed by atoms with Crippen molar-refractivity contribution in [3.63, 3.8) is 0 Å². The molecule has 2 aromatic carbocycles. The molecule has 0 radical (unpaired) electrons. The molecule has 3 N–H and O–H groups in total. The van der Waals surface area contributed by atoms with Crippen LogP contribution in [0.1, 0.15) is 23.7 Å². The summed E-state index contributed by atoms with van der Waals surface area (Å²) < 4.78 is 16.9. The smallest absolute Gasteiger partial charge is 0.276 e. The second kappa shape index (κ2) is 12.0. The zero-order chi connectivity index (χ0) is 21.9. The van der Waals surface area contributed by atoms with Gasteiger partial charge in [-0.15, -0.1) is 0 Å². The molecule has 0 aromatic heterocycles. The third kappa shape index (κ3) is 7.20. The van der Waals surface area contributed by atoms with E-state index < -0.39 is 11.8 Å². The fraction of sp³-hybridized carbons (Fsp3) is 0.250. The van der Waals surface area contributed by atoms with Gasteiger partial charge in [-0.3, -0.25) is 25.8 Å². The number of nitrogens with one attached hydrogen (secondary N) is 3. The maximum Gasteiger partial charge on any atom is 0.276 e. The van der Waals surface area contributed by atoms with Gasteiger partial charge in [0, 0.05) is 4.47 Å². The van der Waals surface area contributed by atoms with Crippen LogP contribution in [-0.4, -0.2) is 37.3 Å². The van der Waals surface area contributed by atoms with E-state index in [9.17, 15) is 9.59 Å². The second-order valence-electron chi connectivity index (χ2n) is 5.88. The normalized spacial score (nSPS) is 9.97. The molecule has 0 saturated heterocycles. The number of carbonyl (C=O) groups is 2. The number of hydrazine groups is 1. The molecule has 8 nitrogen and oxygen atoms in total. The topological polar surface area (TPSA) is 97.9 Å². The molecule has 0 unspecified atom stereocenters. The van der Waals surface area contributed by atoms with Gasteiger partial charge in [0.05, 0.1) is 19.3 Å². The molecular weight excluding hydrogens is 474 g/mol. The number of hydrogen-bond acceptors (Lipinski definition) is 6. The molecule has 10 heteroatoms. The highest BCUT2D eigenvalue weighted by molar-refractivity contribution is 9.10. The van der Waals surface area contributed by atoms with E-state index >= 15 is 0 Å². The van der Waals surface area contributed by atoms with Crippen LogP contribution in [-0.2, 0) is 4.79 Å². The highest BCUT2D eigenvalue weighted by atomic mass is 79.9. The molecule has 0 spiro atoms. The summed E-state index contributed by atoms with van der Waals surface area (Å²) in [6, 6.07) is 12.1. The Morgan fingerprint density at radius 1 is 1.03 bits per heavy atom. The van der Waals surface area contributed by atoms with Crippen LogP contribution >= 0.6 is 28.1 Å². The maximum atomic E-state index is 12.5. The predicted molar refractivity (Wildman–Crippen MR) is 120 cm³/mol. The first-order valence-electron chi connectivity index (χ1n) is 9.03. The van der Waals surface area contributed by atoms with Crippen molar-refractivity contribution in [3.8, 4) is 17.2 Å². The lowest BCUT2D eigenvalue weighted by atomic mass is 10.2. The lowest BCUT2D eigenvalue weighted by Crippen LogP contribution is -2.49. The van der Waals surface area contributed by atoms with Crippen molar-refractivity contribution in [2.75, 3.05) is 20.3 Å². The highest BCUT2D eigenvalue weighted by Crippen LogP contribution is 2.25. The standard InChI is InChI=1S/C20H22BrN3O5S/c1-3-10-28-15-9-8-13(21)11-14(15)19(26)22-20(30)24-23-18(25)12-29-17-7-5-4-6-16(17)27-2/h4-9,11H,3,10,12H2,1-2H3,(H,23,25)(H2,22,24,26,30). The predicted octanol–water partition coefficient (Wildman–Crippen LogP) is 2.96. The monoisotopic (exact) mass is 495 g/mol. The summed E-state index contributed by atoms with van der Waals surface area (Å²) in [5.41, 5.74) is 5.13. The number of rotatable bonds is 8. The molecule has 2 aromatic rings. The molecule has 0 heterocycles. The minimum absolute atomic E-state index is 0.0768. The van der Waals surface area contributed by atoms with Crippen molar-refractivity contribution in [2.45, 2.75) is 13.3 Å². The lowest BCUT2D eigenvalue weighted by Gasteiger charge is -2.14. The molecule has 0 saturated carbocycles. The Labute approximate surface area is 188 Å². The molecule has 2 rings (SSSR count). The van der Waals surface area contributed by atoms with Gasteiger partial charge in [0.2, 0.25) is 0 Å². The molecule has 0 fully saturated rings. The minimum atomic E-state index is -0.494. The van der Waals surface area contributed by atoms with E-state index in [1.165, 1.54) is 7.11 Å². The summed E-state index contributed by atoms with van der Waals surface area (Å²) in [5, 5.41) is 2.42. The highest BCUT2D eigenvalue weighted by Gasteiger charge is 2.15. The average molecular weight is 496 g/mol. The first-order chi connectivity index (χ1) is 14.4. The number of para-hydroxylation sites is 2. The zero-order valence-electron chi connectivity index (χ0n) is 16.5. The van der Waals surface area contributed by atoms with Gasteiger partial charge >= 0.3 is 0 Å². The second-order valence-corrected chi connectivity index (χ2v) is 7.21. The number of halogens is 1. The van der Waals surface area contributed by atoms with Crippen LogP contribution in [0.3, 0.4) is 0 Å². The third-order valence-electron chi connectivity index (χ3n) is 3.62. The first kappa shape index (κ1) is 23.4. The van der Waals surface area contributed by atoms with Gasteiger partial charge in [-0.05, 0) is 49.0 Å². The summed E-state index contributed by atoms with van der Waals surface area (Å²) in [5.74, 6) is 0.414. The van der Waals surface area contributed by atoms with Crippen LogP contribution in [0, 0.1) is 0 Å². The summed E-state index contributed by atoms with van der Waals surface area (Å²) in [6.45, 7) is 2.18. The molecular formula is C20H22BrN3O5S. The van der Waals surface area contributed by atoms with Crippen LogP contribution in [0.25, 0.3) is 0 Å². The minimum Gasteiger partial charge on any atom is -0.493 e. The Morgan fingerprint density at radius 2 is 1.77 bits per heavy atom. The van der Waals surface area contributed by atoms with E-state index in [2.05, 4.69) is 32.1 Å². The molecule has 0 aliphatic rings. The van der Waals surface area contributed by atoms with Gasteiger partial charge in [0.15, 0.2) is 23.2 Å². The van der Waals surface area contributed by atoms with Gasteiger partial charge in [-0.25, -0.2) is 0 Å². The van der Waals surface area contributed by atoms with Crippen LogP contribution in [0.15, 0.2) is 46.9 Å². The number of benzene rings is 2. The van der Waals surface area contributed by atoms with Crippen LogP contribution in [0.2, 0.25) is 0 Å². The van der Waals surface area contributed by atoms with E-state index in [1.54, 1.807) is 42.5 Å². The molecule has 30 heavy (non-hydrogen) atoms. The van der Waals surface area contributed by atoms with Gasteiger partial charge in [0.1, 0.15) is 5.75 Å². The van der Waals surface area contributed by atoms with Crippen LogP contribution < -0.4 is 30.4 Å². The Balaban J connectivity index is 1.85. The third-order valence-corrected chi connectivity index (χ3v) is 4.32. The van der Waals surface area contributed by atoms with Gasteiger partial charge in [-0.1, -0.05) is 35.0 Å². The quantitative estimate of drug-likeness (QED) is 0.382.